The summed E-state index contributed by atoms with van der Waals surface area (Å²) in [4.78, 5) is 11.9. The third-order valence-electron chi connectivity index (χ3n) is 3.11. The summed E-state index contributed by atoms with van der Waals surface area (Å²) < 4.78 is 29.1. The van der Waals surface area contributed by atoms with Gasteiger partial charge in [-0.1, -0.05) is 48.5 Å². The Bertz CT molecular complexity index is 694. The lowest BCUT2D eigenvalue weighted by molar-refractivity contribution is -0.142. The van der Waals surface area contributed by atoms with Crippen molar-refractivity contribution >= 4 is 15.8 Å². The number of benzene rings is 2. The van der Waals surface area contributed by atoms with Crippen LogP contribution < -0.4 is 0 Å². The van der Waals surface area contributed by atoms with Crippen molar-refractivity contribution in [2.75, 3.05) is 12.4 Å². The third kappa shape index (κ3) is 5.00. The van der Waals surface area contributed by atoms with E-state index in [0.29, 0.717) is 4.90 Å². The first kappa shape index (κ1) is 16.2. The van der Waals surface area contributed by atoms with Gasteiger partial charge in [0, 0.05) is 0 Å². The highest BCUT2D eigenvalue weighted by Crippen LogP contribution is 2.11. The molecule has 0 aliphatic carbocycles. The van der Waals surface area contributed by atoms with Gasteiger partial charge in [-0.3, -0.25) is 4.79 Å². The van der Waals surface area contributed by atoms with E-state index in [1.807, 2.05) is 30.3 Å². The van der Waals surface area contributed by atoms with Crippen LogP contribution in [0.15, 0.2) is 65.6 Å². The standard InChI is InChI=1S/C17H18O4S/c18-17(14-15-8-3-1-4-9-15)21-12-7-13-22(19,20)16-10-5-2-6-11-16/h1-6,8-11H,7,12-14H2. The van der Waals surface area contributed by atoms with Crippen LogP contribution in [0.4, 0.5) is 0 Å². The van der Waals surface area contributed by atoms with Crippen LogP contribution in [-0.4, -0.2) is 26.7 Å². The van der Waals surface area contributed by atoms with Crippen LogP contribution in [0.1, 0.15) is 12.0 Å². The molecule has 0 saturated heterocycles. The molecule has 2 aromatic rings. The lowest BCUT2D eigenvalue weighted by Crippen LogP contribution is -2.13. The Labute approximate surface area is 130 Å². The number of sulfone groups is 1. The fraction of sp³-hybridized carbons (Fsp3) is 0.235. The molecule has 0 spiro atoms. The zero-order valence-electron chi connectivity index (χ0n) is 12.1. The SMILES string of the molecule is O=C(Cc1ccccc1)OCCCS(=O)(=O)c1ccccc1. The lowest BCUT2D eigenvalue weighted by Gasteiger charge is -2.06. The van der Waals surface area contributed by atoms with E-state index in [9.17, 15) is 13.2 Å². The Morgan fingerprint density at radius 2 is 1.50 bits per heavy atom. The molecule has 0 atom stereocenters. The maximum atomic E-state index is 12.0. The van der Waals surface area contributed by atoms with E-state index in [1.54, 1.807) is 30.3 Å². The van der Waals surface area contributed by atoms with E-state index in [4.69, 9.17) is 4.74 Å². The van der Waals surface area contributed by atoms with Crippen molar-refractivity contribution in [2.45, 2.75) is 17.7 Å². The molecule has 2 aromatic carbocycles. The molecule has 0 aliphatic heterocycles. The molecule has 0 unspecified atom stereocenters. The fourth-order valence-electron chi connectivity index (χ4n) is 1.99. The molecule has 0 aliphatic rings. The number of ether oxygens (including phenoxy) is 1. The van der Waals surface area contributed by atoms with Gasteiger partial charge in [-0.05, 0) is 24.1 Å². The molecule has 0 aromatic heterocycles. The van der Waals surface area contributed by atoms with Crippen LogP contribution in [0, 0.1) is 0 Å². The average molecular weight is 318 g/mol. The third-order valence-corrected chi connectivity index (χ3v) is 4.93. The quantitative estimate of drug-likeness (QED) is 0.581. The number of hydrogen-bond acceptors (Lipinski definition) is 4. The van der Waals surface area contributed by atoms with E-state index >= 15 is 0 Å². The second-order valence-electron chi connectivity index (χ2n) is 4.87. The van der Waals surface area contributed by atoms with Crippen LogP contribution in [0.5, 0.6) is 0 Å². The maximum Gasteiger partial charge on any atom is 0.310 e. The second-order valence-corrected chi connectivity index (χ2v) is 6.98. The number of carbonyl (C=O) groups is 1. The van der Waals surface area contributed by atoms with Gasteiger partial charge < -0.3 is 4.74 Å². The molecular formula is C17H18O4S. The topological polar surface area (TPSA) is 60.4 Å². The monoisotopic (exact) mass is 318 g/mol. The highest BCUT2D eigenvalue weighted by Gasteiger charge is 2.13. The van der Waals surface area contributed by atoms with Crippen molar-refractivity contribution in [2.24, 2.45) is 0 Å². The average Bonchev–Trinajstić information content (AvgIpc) is 2.53. The zero-order valence-corrected chi connectivity index (χ0v) is 13.0. The summed E-state index contributed by atoms with van der Waals surface area (Å²) in [7, 11) is -3.31. The van der Waals surface area contributed by atoms with Gasteiger partial charge in [-0.15, -0.1) is 0 Å². The van der Waals surface area contributed by atoms with E-state index in [0.717, 1.165) is 5.56 Å². The van der Waals surface area contributed by atoms with E-state index < -0.39 is 9.84 Å². The number of hydrogen-bond donors (Lipinski definition) is 0. The molecule has 5 heteroatoms. The molecule has 0 radical (unpaired) electrons. The Morgan fingerprint density at radius 3 is 2.14 bits per heavy atom. The molecule has 0 N–H and O–H groups in total. The van der Waals surface area contributed by atoms with Gasteiger partial charge in [-0.25, -0.2) is 8.42 Å². The highest BCUT2D eigenvalue weighted by atomic mass is 32.2. The van der Waals surface area contributed by atoms with Crippen molar-refractivity contribution in [1.29, 1.82) is 0 Å². The van der Waals surface area contributed by atoms with Gasteiger partial charge in [0.1, 0.15) is 0 Å². The molecule has 0 fully saturated rings. The first-order chi connectivity index (χ1) is 10.6. The van der Waals surface area contributed by atoms with Gasteiger partial charge in [0.2, 0.25) is 0 Å². The van der Waals surface area contributed by atoms with Crippen LogP contribution in [-0.2, 0) is 25.8 Å². The number of esters is 1. The van der Waals surface area contributed by atoms with Gasteiger partial charge >= 0.3 is 5.97 Å². The summed E-state index contributed by atoms with van der Waals surface area (Å²) in [6.07, 6.45) is 0.490. The highest BCUT2D eigenvalue weighted by molar-refractivity contribution is 7.91. The molecule has 4 nitrogen and oxygen atoms in total. The number of carbonyl (C=O) groups excluding carboxylic acids is 1. The van der Waals surface area contributed by atoms with E-state index in [2.05, 4.69) is 0 Å². The molecule has 0 heterocycles. The molecule has 0 amide bonds. The van der Waals surface area contributed by atoms with Crippen molar-refractivity contribution in [3.63, 3.8) is 0 Å². The van der Waals surface area contributed by atoms with Crippen molar-refractivity contribution < 1.29 is 17.9 Å². The zero-order chi connectivity index (χ0) is 15.8. The molecular weight excluding hydrogens is 300 g/mol. The maximum absolute atomic E-state index is 12.0. The van der Waals surface area contributed by atoms with Gasteiger partial charge in [0.25, 0.3) is 0 Å². The van der Waals surface area contributed by atoms with Crippen LogP contribution in [0.2, 0.25) is 0 Å². The van der Waals surface area contributed by atoms with Crippen molar-refractivity contribution in [3.05, 3.63) is 66.2 Å². The normalized spacial score (nSPS) is 11.1. The largest absolute Gasteiger partial charge is 0.465 e. The van der Waals surface area contributed by atoms with Crippen LogP contribution >= 0.6 is 0 Å². The van der Waals surface area contributed by atoms with Crippen LogP contribution in [0.25, 0.3) is 0 Å². The Kier molecular flexibility index (Phi) is 5.72. The summed E-state index contributed by atoms with van der Waals surface area (Å²) in [6.45, 7) is 0.109. The minimum absolute atomic E-state index is 0.0321. The summed E-state index contributed by atoms with van der Waals surface area (Å²) >= 11 is 0. The summed E-state index contributed by atoms with van der Waals surface area (Å²) in [6, 6.07) is 17.6. The Balaban J connectivity index is 1.74. The van der Waals surface area contributed by atoms with Crippen molar-refractivity contribution in [3.8, 4) is 0 Å². The second kappa shape index (κ2) is 7.75. The predicted molar refractivity (Wildman–Crippen MR) is 84.2 cm³/mol. The van der Waals surface area contributed by atoms with Gasteiger partial charge in [0.15, 0.2) is 9.84 Å². The Morgan fingerprint density at radius 1 is 0.909 bits per heavy atom. The van der Waals surface area contributed by atoms with Gasteiger partial charge in [0.05, 0.1) is 23.7 Å². The Hall–Kier alpha value is -2.14. The first-order valence-corrected chi connectivity index (χ1v) is 8.70. The van der Waals surface area contributed by atoms with E-state index in [-0.39, 0.29) is 31.2 Å². The first-order valence-electron chi connectivity index (χ1n) is 7.05. The minimum Gasteiger partial charge on any atom is -0.465 e. The van der Waals surface area contributed by atoms with E-state index in [1.165, 1.54) is 0 Å². The predicted octanol–water partition coefficient (Wildman–Crippen LogP) is 2.64. The molecule has 22 heavy (non-hydrogen) atoms. The molecule has 2 rings (SSSR count). The summed E-state index contributed by atoms with van der Waals surface area (Å²) in [5.74, 6) is -0.376. The van der Waals surface area contributed by atoms with Crippen LogP contribution in [0.3, 0.4) is 0 Å². The summed E-state index contributed by atoms with van der Waals surface area (Å²) in [5.41, 5.74) is 0.879. The minimum atomic E-state index is -3.31. The number of rotatable bonds is 7. The molecule has 116 valence electrons. The summed E-state index contributed by atoms with van der Waals surface area (Å²) in [5, 5.41) is 0. The van der Waals surface area contributed by atoms with Gasteiger partial charge in [-0.2, -0.15) is 0 Å². The lowest BCUT2D eigenvalue weighted by atomic mass is 10.2. The molecule has 0 saturated carbocycles. The van der Waals surface area contributed by atoms with Crippen molar-refractivity contribution in [1.82, 2.24) is 0 Å². The fourth-order valence-corrected chi connectivity index (χ4v) is 3.30. The molecule has 0 bridgehead atoms. The smallest absolute Gasteiger partial charge is 0.310 e.